The first kappa shape index (κ1) is 14.0. The van der Waals surface area contributed by atoms with Crippen molar-refractivity contribution >= 4 is 37.8 Å². The third-order valence-electron chi connectivity index (χ3n) is 3.26. The maximum absolute atomic E-state index is 13.1. The highest BCUT2D eigenvalue weighted by Gasteiger charge is 2.25. The van der Waals surface area contributed by atoms with Crippen LogP contribution in [0.3, 0.4) is 0 Å². The van der Waals surface area contributed by atoms with Crippen molar-refractivity contribution in [3.63, 3.8) is 0 Å². The first-order chi connectivity index (χ1) is 8.58. The summed E-state index contributed by atoms with van der Waals surface area (Å²) in [7, 11) is 0. The van der Waals surface area contributed by atoms with Crippen LogP contribution in [0.15, 0.2) is 22.7 Å². The van der Waals surface area contributed by atoms with Crippen LogP contribution in [0.5, 0.6) is 0 Å². The molecule has 98 valence electrons. The van der Waals surface area contributed by atoms with Gasteiger partial charge in [-0.15, -0.1) is 0 Å². The van der Waals surface area contributed by atoms with Crippen molar-refractivity contribution in [1.29, 1.82) is 0 Å². The van der Waals surface area contributed by atoms with Crippen LogP contribution >= 0.6 is 31.9 Å². The number of rotatable bonds is 3. The summed E-state index contributed by atoms with van der Waals surface area (Å²) in [6.45, 7) is 0.637. The predicted molar refractivity (Wildman–Crippen MR) is 76.5 cm³/mol. The predicted octanol–water partition coefficient (Wildman–Crippen LogP) is 3.88. The lowest BCUT2D eigenvalue weighted by molar-refractivity contribution is 0.0946. The van der Waals surface area contributed by atoms with Crippen LogP contribution in [0.25, 0.3) is 0 Å². The highest BCUT2D eigenvalue weighted by molar-refractivity contribution is 9.10. The van der Waals surface area contributed by atoms with Gasteiger partial charge in [0.15, 0.2) is 0 Å². The third-order valence-corrected chi connectivity index (χ3v) is 5.16. The van der Waals surface area contributed by atoms with E-state index in [2.05, 4.69) is 37.2 Å². The second kappa shape index (κ2) is 6.15. The average molecular weight is 379 g/mol. The van der Waals surface area contributed by atoms with Crippen LogP contribution in [0, 0.1) is 11.7 Å². The number of carbonyl (C=O) groups is 1. The summed E-state index contributed by atoms with van der Waals surface area (Å²) in [5.74, 6) is -0.156. The fourth-order valence-electron chi connectivity index (χ4n) is 2.21. The van der Waals surface area contributed by atoms with Gasteiger partial charge < -0.3 is 5.32 Å². The monoisotopic (exact) mass is 377 g/mol. The molecule has 1 aromatic rings. The van der Waals surface area contributed by atoms with Gasteiger partial charge in [-0.1, -0.05) is 22.4 Å². The molecule has 1 saturated carbocycles. The third kappa shape index (κ3) is 3.32. The Hall–Kier alpha value is -0.420. The van der Waals surface area contributed by atoms with Crippen LogP contribution in [-0.4, -0.2) is 17.3 Å². The summed E-state index contributed by atoms with van der Waals surface area (Å²) in [4.78, 5) is 12.4. The Morgan fingerprint density at radius 1 is 1.44 bits per heavy atom. The molecule has 0 heterocycles. The first-order valence-corrected chi connectivity index (χ1v) is 7.66. The number of hydrogen-bond acceptors (Lipinski definition) is 1. The molecule has 0 aromatic heterocycles. The number of benzene rings is 1. The molecule has 0 saturated heterocycles. The lowest BCUT2D eigenvalue weighted by Gasteiger charge is -2.15. The van der Waals surface area contributed by atoms with Gasteiger partial charge in [-0.3, -0.25) is 4.79 Å². The van der Waals surface area contributed by atoms with Crippen LogP contribution in [0.2, 0.25) is 0 Å². The minimum absolute atomic E-state index is 0.229. The van der Waals surface area contributed by atoms with Gasteiger partial charge in [-0.2, -0.15) is 0 Å². The van der Waals surface area contributed by atoms with Gasteiger partial charge in [0.25, 0.3) is 5.91 Å². The minimum Gasteiger partial charge on any atom is -0.352 e. The number of carbonyl (C=O) groups excluding carboxylic acids is 1. The summed E-state index contributed by atoms with van der Waals surface area (Å²) in [5.41, 5.74) is 0.346. The molecule has 0 aliphatic heterocycles. The molecule has 2 atom stereocenters. The lowest BCUT2D eigenvalue weighted by atomic mass is 10.1. The molecule has 0 bridgehead atoms. The van der Waals surface area contributed by atoms with Gasteiger partial charge in [0, 0.05) is 15.8 Å². The summed E-state index contributed by atoms with van der Waals surface area (Å²) < 4.78 is 13.7. The molecule has 2 nitrogen and oxygen atoms in total. The summed E-state index contributed by atoms with van der Waals surface area (Å²) >= 11 is 6.88. The van der Waals surface area contributed by atoms with Gasteiger partial charge >= 0.3 is 0 Å². The maximum atomic E-state index is 13.1. The Balaban J connectivity index is 1.97. The smallest absolute Gasteiger partial charge is 0.252 e. The molecule has 2 unspecified atom stereocenters. The number of nitrogens with one attached hydrogen (secondary N) is 1. The van der Waals surface area contributed by atoms with Crippen molar-refractivity contribution in [3.05, 3.63) is 34.1 Å². The Labute approximate surface area is 123 Å². The van der Waals surface area contributed by atoms with Crippen molar-refractivity contribution in [3.8, 4) is 0 Å². The van der Waals surface area contributed by atoms with E-state index >= 15 is 0 Å². The van der Waals surface area contributed by atoms with E-state index in [4.69, 9.17) is 0 Å². The molecule has 1 amide bonds. The van der Waals surface area contributed by atoms with Crippen LogP contribution in [0.1, 0.15) is 29.6 Å². The van der Waals surface area contributed by atoms with Crippen molar-refractivity contribution in [2.75, 3.05) is 6.54 Å². The quantitative estimate of drug-likeness (QED) is 0.794. The van der Waals surface area contributed by atoms with Crippen molar-refractivity contribution in [1.82, 2.24) is 5.32 Å². The zero-order valence-corrected chi connectivity index (χ0v) is 12.9. The highest BCUT2D eigenvalue weighted by atomic mass is 79.9. The molecule has 1 aromatic carbocycles. The molecule has 1 fully saturated rings. The molecule has 5 heteroatoms. The Morgan fingerprint density at radius 3 is 2.89 bits per heavy atom. The molecule has 18 heavy (non-hydrogen) atoms. The average Bonchev–Trinajstić information content (AvgIpc) is 2.75. The molecular weight excluding hydrogens is 365 g/mol. The van der Waals surface area contributed by atoms with Crippen LogP contribution < -0.4 is 5.32 Å². The summed E-state index contributed by atoms with van der Waals surface area (Å²) in [5, 5.41) is 2.87. The maximum Gasteiger partial charge on any atom is 0.252 e. The van der Waals surface area contributed by atoms with E-state index < -0.39 is 5.82 Å². The fraction of sp³-hybridized carbons (Fsp3) is 0.462. The van der Waals surface area contributed by atoms with Crippen molar-refractivity contribution in [2.45, 2.75) is 24.1 Å². The number of alkyl halides is 1. The number of hydrogen-bond donors (Lipinski definition) is 1. The molecule has 2 rings (SSSR count). The molecular formula is C13H14Br2FNO. The van der Waals surface area contributed by atoms with Crippen LogP contribution in [-0.2, 0) is 0 Å². The van der Waals surface area contributed by atoms with E-state index in [9.17, 15) is 9.18 Å². The van der Waals surface area contributed by atoms with Crippen molar-refractivity contribution in [2.24, 2.45) is 5.92 Å². The molecule has 1 aliphatic carbocycles. The molecule has 0 spiro atoms. The van der Waals surface area contributed by atoms with Crippen LogP contribution in [0.4, 0.5) is 4.39 Å². The fourth-order valence-corrected chi connectivity index (χ4v) is 3.41. The number of halogens is 3. The molecule has 0 radical (unpaired) electrons. The zero-order chi connectivity index (χ0) is 13.1. The summed E-state index contributed by atoms with van der Waals surface area (Å²) in [6.07, 6.45) is 3.48. The summed E-state index contributed by atoms with van der Waals surface area (Å²) in [6, 6.07) is 4.12. The standard InChI is InChI=1S/C13H14Br2FNO/c14-11-3-1-2-8(11)7-17-13(18)10-6-9(16)4-5-12(10)15/h4-6,8,11H,1-3,7H2,(H,17,18). The van der Waals surface area contributed by atoms with Gasteiger partial charge in [0.2, 0.25) is 0 Å². The van der Waals surface area contributed by atoms with Gasteiger partial charge in [0.1, 0.15) is 5.82 Å². The second-order valence-electron chi connectivity index (χ2n) is 4.54. The largest absolute Gasteiger partial charge is 0.352 e. The van der Waals surface area contributed by atoms with E-state index in [-0.39, 0.29) is 5.91 Å². The highest BCUT2D eigenvalue weighted by Crippen LogP contribution is 2.31. The Kier molecular flexibility index (Phi) is 4.78. The van der Waals surface area contributed by atoms with E-state index in [1.54, 1.807) is 6.07 Å². The van der Waals surface area contributed by atoms with E-state index in [1.807, 2.05) is 0 Å². The Morgan fingerprint density at radius 2 is 2.22 bits per heavy atom. The van der Waals surface area contributed by atoms with E-state index in [0.29, 0.717) is 27.3 Å². The van der Waals surface area contributed by atoms with E-state index in [0.717, 1.165) is 12.8 Å². The van der Waals surface area contributed by atoms with E-state index in [1.165, 1.54) is 18.6 Å². The van der Waals surface area contributed by atoms with Gasteiger partial charge in [-0.25, -0.2) is 4.39 Å². The topological polar surface area (TPSA) is 29.1 Å². The minimum atomic E-state index is -0.400. The zero-order valence-electron chi connectivity index (χ0n) is 9.76. The number of amides is 1. The lowest BCUT2D eigenvalue weighted by Crippen LogP contribution is -2.31. The normalized spacial score (nSPS) is 23.1. The van der Waals surface area contributed by atoms with Gasteiger partial charge in [-0.05, 0) is 52.9 Å². The SMILES string of the molecule is O=C(NCC1CCCC1Br)c1cc(F)ccc1Br. The Bertz CT molecular complexity index is 453. The van der Waals surface area contributed by atoms with Gasteiger partial charge in [0.05, 0.1) is 5.56 Å². The molecule has 1 N–H and O–H groups in total. The second-order valence-corrected chi connectivity index (χ2v) is 6.57. The van der Waals surface area contributed by atoms with Crippen molar-refractivity contribution < 1.29 is 9.18 Å². The first-order valence-electron chi connectivity index (χ1n) is 5.95. The molecule has 1 aliphatic rings.